The molecule has 2 rings (SSSR count). The summed E-state index contributed by atoms with van der Waals surface area (Å²) < 4.78 is 39.7. The molecule has 1 aromatic heterocycles. The van der Waals surface area contributed by atoms with Crippen molar-refractivity contribution >= 4 is 27.8 Å². The Morgan fingerprint density at radius 1 is 1.29 bits per heavy atom. The van der Waals surface area contributed by atoms with Gasteiger partial charge in [0.15, 0.2) is 0 Å². The van der Waals surface area contributed by atoms with Gasteiger partial charge in [0.1, 0.15) is 5.82 Å². The molecule has 1 aromatic carbocycles. The predicted octanol–water partition coefficient (Wildman–Crippen LogP) is 1.26. The minimum absolute atomic E-state index is 0.329. The molecule has 7 nitrogen and oxygen atoms in total. The van der Waals surface area contributed by atoms with Gasteiger partial charge in [-0.25, -0.2) is 12.8 Å². The minimum Gasteiger partial charge on any atom is -0.394 e. The lowest BCUT2D eigenvalue weighted by Crippen LogP contribution is -2.07. The van der Waals surface area contributed by atoms with Crippen LogP contribution in [0, 0.1) is 5.82 Å². The van der Waals surface area contributed by atoms with E-state index in [0.717, 1.165) is 12.3 Å². The molecule has 2 aromatic rings. The lowest BCUT2D eigenvalue weighted by Gasteiger charge is -1.95. The number of rotatable bonds is 4. The van der Waals surface area contributed by atoms with Crippen LogP contribution in [0.5, 0.6) is 0 Å². The van der Waals surface area contributed by atoms with Crippen molar-refractivity contribution in [3.05, 3.63) is 41.7 Å². The van der Waals surface area contributed by atoms with Gasteiger partial charge in [0.25, 0.3) is 5.91 Å². The van der Waals surface area contributed by atoms with E-state index in [2.05, 4.69) is 15.5 Å². The average Bonchev–Trinajstić information content (AvgIpc) is 2.86. The number of hydrogen-bond acceptors (Lipinski definition) is 6. The van der Waals surface area contributed by atoms with Crippen LogP contribution < -0.4 is 5.32 Å². The van der Waals surface area contributed by atoms with E-state index in [-0.39, 0.29) is 11.8 Å². The summed E-state index contributed by atoms with van der Waals surface area (Å²) in [6.07, 6.45) is 3.51. The lowest BCUT2D eigenvalue weighted by atomic mass is 10.2. The molecular formula is C12H10FN3O4S. The molecule has 0 saturated carbocycles. The third kappa shape index (κ3) is 4.21. The van der Waals surface area contributed by atoms with E-state index < -0.39 is 21.0 Å². The number of hydrogen-bond donors (Lipinski definition) is 1. The van der Waals surface area contributed by atoms with Crippen LogP contribution in [0.2, 0.25) is 0 Å². The van der Waals surface area contributed by atoms with Crippen molar-refractivity contribution < 1.29 is 22.0 Å². The monoisotopic (exact) mass is 311 g/mol. The molecule has 0 bridgehead atoms. The summed E-state index contributed by atoms with van der Waals surface area (Å²) in [7, 11) is -3.62. The summed E-state index contributed by atoms with van der Waals surface area (Å²) in [6, 6.07) is 5.17. The highest BCUT2D eigenvalue weighted by molar-refractivity contribution is 7.90. The third-order valence-corrected chi connectivity index (χ3v) is 3.05. The van der Waals surface area contributed by atoms with Crippen molar-refractivity contribution in [3.8, 4) is 0 Å². The summed E-state index contributed by atoms with van der Waals surface area (Å²) >= 11 is 0. The van der Waals surface area contributed by atoms with E-state index in [1.165, 1.54) is 30.3 Å². The van der Waals surface area contributed by atoms with Crippen LogP contribution in [0.15, 0.2) is 40.0 Å². The number of nitrogens with one attached hydrogen (secondary N) is 1. The highest BCUT2D eigenvalue weighted by atomic mass is 32.2. The molecule has 110 valence electrons. The Hall–Kier alpha value is -2.55. The van der Waals surface area contributed by atoms with Crippen molar-refractivity contribution in [1.29, 1.82) is 0 Å². The van der Waals surface area contributed by atoms with Gasteiger partial charge < -0.3 is 4.42 Å². The van der Waals surface area contributed by atoms with Crippen molar-refractivity contribution in [2.75, 3.05) is 11.6 Å². The van der Waals surface area contributed by atoms with Gasteiger partial charge in [0.2, 0.25) is 9.84 Å². The van der Waals surface area contributed by atoms with Gasteiger partial charge in [-0.2, -0.15) is 0 Å². The van der Waals surface area contributed by atoms with Crippen molar-refractivity contribution in [2.24, 2.45) is 0 Å². The number of halogens is 1. The molecule has 0 aliphatic carbocycles. The first-order valence-corrected chi connectivity index (χ1v) is 7.52. The van der Waals surface area contributed by atoms with Crippen LogP contribution in [-0.2, 0) is 14.6 Å². The second kappa shape index (κ2) is 5.83. The number of benzene rings is 1. The maximum atomic E-state index is 12.7. The van der Waals surface area contributed by atoms with Crippen molar-refractivity contribution in [1.82, 2.24) is 10.2 Å². The van der Waals surface area contributed by atoms with E-state index in [0.29, 0.717) is 5.56 Å². The Morgan fingerprint density at radius 3 is 2.52 bits per heavy atom. The van der Waals surface area contributed by atoms with Crippen LogP contribution in [0.3, 0.4) is 0 Å². The highest BCUT2D eigenvalue weighted by Crippen LogP contribution is 2.11. The third-order valence-electron chi connectivity index (χ3n) is 2.25. The van der Waals surface area contributed by atoms with Crippen LogP contribution >= 0.6 is 0 Å². The van der Waals surface area contributed by atoms with Crippen molar-refractivity contribution in [3.63, 3.8) is 0 Å². The molecule has 1 heterocycles. The quantitative estimate of drug-likeness (QED) is 0.853. The van der Waals surface area contributed by atoms with E-state index in [9.17, 15) is 17.6 Å². The second-order valence-corrected chi connectivity index (χ2v) is 5.91. The fourth-order valence-corrected chi connectivity index (χ4v) is 1.72. The normalized spacial score (nSPS) is 11.7. The maximum absolute atomic E-state index is 12.7. The largest absolute Gasteiger partial charge is 0.394 e. The molecular weight excluding hydrogens is 301 g/mol. The number of aromatic nitrogens is 2. The smallest absolute Gasteiger partial charge is 0.336 e. The second-order valence-electron chi connectivity index (χ2n) is 4.02. The number of carbonyl (C=O) groups excluding carboxylic acids is 1. The Balaban J connectivity index is 2.02. The maximum Gasteiger partial charge on any atom is 0.336 e. The summed E-state index contributed by atoms with van der Waals surface area (Å²) in [6.45, 7) is 0. The Morgan fingerprint density at radius 2 is 1.95 bits per heavy atom. The average molecular weight is 311 g/mol. The van der Waals surface area contributed by atoms with Crippen LogP contribution in [0.1, 0.15) is 5.56 Å². The molecule has 1 amide bonds. The summed E-state index contributed by atoms with van der Waals surface area (Å²) in [4.78, 5) is 11.6. The molecule has 0 aliphatic rings. The van der Waals surface area contributed by atoms with Gasteiger partial charge in [0, 0.05) is 12.3 Å². The Labute approximate surface area is 119 Å². The van der Waals surface area contributed by atoms with Crippen molar-refractivity contribution in [2.45, 2.75) is 5.22 Å². The van der Waals surface area contributed by atoms with Gasteiger partial charge in [-0.15, -0.1) is 0 Å². The fraction of sp³-hybridized carbons (Fsp3) is 0.0833. The fourth-order valence-electron chi connectivity index (χ4n) is 1.30. The van der Waals surface area contributed by atoms with Gasteiger partial charge in [0.05, 0.1) is 0 Å². The van der Waals surface area contributed by atoms with E-state index in [4.69, 9.17) is 4.42 Å². The number of nitrogens with zero attached hydrogens (tertiary/aromatic N) is 2. The number of anilines is 1. The predicted molar refractivity (Wildman–Crippen MR) is 71.5 cm³/mol. The molecule has 0 saturated heterocycles. The molecule has 1 N–H and O–H groups in total. The topological polar surface area (TPSA) is 102 Å². The van der Waals surface area contributed by atoms with E-state index in [1.54, 1.807) is 0 Å². The zero-order valence-electron chi connectivity index (χ0n) is 10.8. The first-order chi connectivity index (χ1) is 9.84. The molecule has 0 atom stereocenters. The summed E-state index contributed by atoms with van der Waals surface area (Å²) in [5, 5.41) is 8.29. The molecule has 9 heteroatoms. The number of sulfone groups is 1. The molecule has 0 aliphatic heterocycles. The lowest BCUT2D eigenvalue weighted by molar-refractivity contribution is -0.112. The number of amides is 1. The van der Waals surface area contributed by atoms with Crippen LogP contribution in [0.4, 0.5) is 10.4 Å². The summed E-state index contributed by atoms with van der Waals surface area (Å²) in [5.74, 6) is -0.973. The van der Waals surface area contributed by atoms with Gasteiger partial charge >= 0.3 is 11.2 Å². The number of carbonyl (C=O) groups is 1. The highest BCUT2D eigenvalue weighted by Gasteiger charge is 2.17. The Bertz CT molecular complexity index is 781. The van der Waals surface area contributed by atoms with Gasteiger partial charge in [-0.05, 0) is 23.8 Å². The standard InChI is InChI=1S/C12H10FN3O4S/c1-21(18,19)12-16-15-11(20-12)14-10(17)7-4-8-2-5-9(13)6-3-8/h2-7H,1H3,(H,14,15,17). The molecule has 0 unspecified atom stereocenters. The summed E-state index contributed by atoms with van der Waals surface area (Å²) in [5.41, 5.74) is 0.619. The first-order valence-electron chi connectivity index (χ1n) is 5.63. The van der Waals surface area contributed by atoms with Gasteiger partial charge in [-0.3, -0.25) is 10.1 Å². The Kier molecular flexibility index (Phi) is 4.13. The van der Waals surface area contributed by atoms with Crippen LogP contribution in [0.25, 0.3) is 6.08 Å². The van der Waals surface area contributed by atoms with Gasteiger partial charge in [-0.1, -0.05) is 22.3 Å². The minimum atomic E-state index is -3.62. The SMILES string of the molecule is CS(=O)(=O)c1nnc(NC(=O)C=Cc2ccc(F)cc2)o1. The van der Waals surface area contributed by atoms with Crippen LogP contribution in [-0.4, -0.2) is 30.8 Å². The molecule has 21 heavy (non-hydrogen) atoms. The van der Waals surface area contributed by atoms with E-state index in [1.807, 2.05) is 0 Å². The zero-order chi connectivity index (χ0) is 15.5. The molecule has 0 radical (unpaired) electrons. The first kappa shape index (κ1) is 14.9. The molecule has 0 spiro atoms. The van der Waals surface area contributed by atoms with E-state index >= 15 is 0 Å². The molecule has 0 fully saturated rings. The zero-order valence-corrected chi connectivity index (χ0v) is 11.6.